The molecule has 2 aromatic rings. The molecule has 4 N–H and O–H groups in total. The predicted octanol–water partition coefficient (Wildman–Crippen LogP) is 2.94. The van der Waals surface area contributed by atoms with Crippen LogP contribution in [0, 0.1) is 17.0 Å². The molecule has 140 valence electrons. The molecule has 0 aliphatic heterocycles. The van der Waals surface area contributed by atoms with Gasteiger partial charge in [-0.05, 0) is 30.5 Å². The number of benzene rings is 2. The minimum absolute atomic E-state index is 0. The topological polar surface area (TPSA) is 110 Å². The Morgan fingerprint density at radius 1 is 1.19 bits per heavy atom. The monoisotopic (exact) mass is 378 g/mol. The van der Waals surface area contributed by atoms with Crippen molar-refractivity contribution in [2.75, 3.05) is 18.4 Å². The molecule has 0 saturated carbocycles. The highest BCUT2D eigenvalue weighted by molar-refractivity contribution is 5.85. The van der Waals surface area contributed by atoms with Crippen LogP contribution in [0.4, 0.5) is 11.4 Å². The van der Waals surface area contributed by atoms with Gasteiger partial charge in [0.15, 0.2) is 0 Å². The maximum atomic E-state index is 12.0. The second kappa shape index (κ2) is 10.4. The van der Waals surface area contributed by atoms with Crippen LogP contribution in [0.5, 0.6) is 0 Å². The van der Waals surface area contributed by atoms with Crippen LogP contribution in [0.3, 0.4) is 0 Å². The Labute approximate surface area is 158 Å². The van der Waals surface area contributed by atoms with Crippen LogP contribution in [-0.2, 0) is 4.79 Å². The lowest BCUT2D eigenvalue weighted by molar-refractivity contribution is -0.384. The minimum atomic E-state index is -0.702. The average Bonchev–Trinajstić information content (AvgIpc) is 2.62. The molecule has 0 fully saturated rings. The predicted molar refractivity (Wildman–Crippen MR) is 105 cm³/mol. The molecule has 0 saturated heterocycles. The first-order chi connectivity index (χ1) is 12.0. The number of nitro groups is 1. The van der Waals surface area contributed by atoms with E-state index >= 15 is 0 Å². The van der Waals surface area contributed by atoms with E-state index in [0.717, 1.165) is 11.1 Å². The van der Waals surface area contributed by atoms with Crippen LogP contribution >= 0.6 is 12.4 Å². The molecule has 0 aliphatic rings. The summed E-state index contributed by atoms with van der Waals surface area (Å²) in [4.78, 5) is 22.7. The molecule has 0 aliphatic carbocycles. The van der Waals surface area contributed by atoms with Crippen molar-refractivity contribution >= 4 is 29.7 Å². The summed E-state index contributed by atoms with van der Waals surface area (Å²) in [6.07, 6.45) is 0.623. The van der Waals surface area contributed by atoms with E-state index in [1.807, 2.05) is 43.3 Å². The van der Waals surface area contributed by atoms with E-state index in [1.54, 1.807) is 6.07 Å². The van der Waals surface area contributed by atoms with Crippen molar-refractivity contribution in [1.29, 1.82) is 0 Å². The highest BCUT2D eigenvalue weighted by Crippen LogP contribution is 2.25. The summed E-state index contributed by atoms with van der Waals surface area (Å²) in [7, 11) is 0. The number of nitrogens with one attached hydrogen (secondary N) is 2. The Hall–Kier alpha value is -2.64. The van der Waals surface area contributed by atoms with Gasteiger partial charge >= 0.3 is 0 Å². The van der Waals surface area contributed by atoms with Gasteiger partial charge in [-0.15, -0.1) is 12.4 Å². The van der Waals surface area contributed by atoms with Crippen LogP contribution in [0.25, 0.3) is 0 Å². The Morgan fingerprint density at radius 2 is 1.88 bits per heavy atom. The number of halogens is 1. The third kappa shape index (κ3) is 6.02. The van der Waals surface area contributed by atoms with E-state index in [0.29, 0.717) is 25.2 Å². The van der Waals surface area contributed by atoms with Gasteiger partial charge in [-0.3, -0.25) is 14.9 Å². The third-order valence-electron chi connectivity index (χ3n) is 3.76. The molecule has 1 atom stereocenters. The molecular formula is C18H23ClN4O3. The van der Waals surface area contributed by atoms with Crippen molar-refractivity contribution < 1.29 is 9.72 Å². The molecule has 0 radical (unpaired) electrons. The van der Waals surface area contributed by atoms with Crippen LogP contribution in [0.15, 0.2) is 48.5 Å². The van der Waals surface area contributed by atoms with Gasteiger partial charge in [0, 0.05) is 19.2 Å². The SMILES string of the molecule is Cc1ccc(NCCCNC(=O)C(N)c2ccccc2)c([N+](=O)[O-])c1.Cl. The zero-order valence-electron chi connectivity index (χ0n) is 14.5. The van der Waals surface area contributed by atoms with Crippen molar-refractivity contribution in [2.45, 2.75) is 19.4 Å². The highest BCUT2D eigenvalue weighted by Gasteiger charge is 2.15. The number of nitrogens with two attached hydrogens (primary N) is 1. The molecular weight excluding hydrogens is 356 g/mol. The number of hydrogen-bond donors (Lipinski definition) is 3. The molecule has 0 heterocycles. The minimum Gasteiger partial charge on any atom is -0.379 e. The largest absolute Gasteiger partial charge is 0.379 e. The number of nitro benzene ring substituents is 1. The first-order valence-corrected chi connectivity index (χ1v) is 8.06. The molecule has 0 spiro atoms. The molecule has 26 heavy (non-hydrogen) atoms. The molecule has 1 unspecified atom stereocenters. The Balaban J connectivity index is 0.00000338. The fraction of sp³-hybridized carbons (Fsp3) is 0.278. The van der Waals surface area contributed by atoms with Gasteiger partial charge in [0.2, 0.25) is 5.91 Å². The summed E-state index contributed by atoms with van der Waals surface area (Å²) in [6.45, 7) is 2.75. The maximum absolute atomic E-state index is 12.0. The number of hydrogen-bond acceptors (Lipinski definition) is 5. The van der Waals surface area contributed by atoms with Crippen molar-refractivity contribution in [3.05, 3.63) is 69.8 Å². The van der Waals surface area contributed by atoms with Crippen LogP contribution < -0.4 is 16.4 Å². The Morgan fingerprint density at radius 3 is 2.54 bits per heavy atom. The number of rotatable bonds is 8. The van der Waals surface area contributed by atoms with E-state index < -0.39 is 11.0 Å². The fourth-order valence-electron chi connectivity index (χ4n) is 2.39. The van der Waals surface area contributed by atoms with E-state index in [-0.39, 0.29) is 24.0 Å². The molecule has 2 aromatic carbocycles. The average molecular weight is 379 g/mol. The van der Waals surface area contributed by atoms with Gasteiger partial charge in [0.25, 0.3) is 5.69 Å². The molecule has 0 aromatic heterocycles. The highest BCUT2D eigenvalue weighted by atomic mass is 35.5. The lowest BCUT2D eigenvalue weighted by Crippen LogP contribution is -2.35. The van der Waals surface area contributed by atoms with Gasteiger partial charge in [-0.1, -0.05) is 36.4 Å². The van der Waals surface area contributed by atoms with Crippen molar-refractivity contribution in [3.8, 4) is 0 Å². The van der Waals surface area contributed by atoms with Gasteiger partial charge in [-0.25, -0.2) is 0 Å². The molecule has 1 amide bonds. The number of carbonyl (C=O) groups excluding carboxylic acids is 1. The second-order valence-electron chi connectivity index (χ2n) is 5.74. The van der Waals surface area contributed by atoms with Gasteiger partial charge < -0.3 is 16.4 Å². The molecule has 2 rings (SSSR count). The number of aryl methyl sites for hydroxylation is 1. The standard InChI is InChI=1S/C18H22N4O3.ClH/c1-13-8-9-15(16(12-13)22(24)25)20-10-5-11-21-18(23)17(19)14-6-3-2-4-7-14;/h2-4,6-9,12,17,20H,5,10-11,19H2,1H3,(H,21,23);1H. The van der Waals surface area contributed by atoms with E-state index in [2.05, 4.69) is 10.6 Å². The third-order valence-corrected chi connectivity index (χ3v) is 3.76. The Kier molecular flexibility index (Phi) is 8.54. The first-order valence-electron chi connectivity index (χ1n) is 8.06. The second-order valence-corrected chi connectivity index (χ2v) is 5.74. The van der Waals surface area contributed by atoms with E-state index in [4.69, 9.17) is 5.73 Å². The first kappa shape index (κ1) is 21.4. The molecule has 0 bridgehead atoms. The fourth-order valence-corrected chi connectivity index (χ4v) is 2.39. The number of nitrogens with zero attached hydrogens (tertiary/aromatic N) is 1. The van der Waals surface area contributed by atoms with E-state index in [1.165, 1.54) is 6.07 Å². The lowest BCUT2D eigenvalue weighted by atomic mass is 10.1. The number of amides is 1. The summed E-state index contributed by atoms with van der Waals surface area (Å²) in [5.41, 5.74) is 8.03. The molecule has 7 nitrogen and oxygen atoms in total. The summed E-state index contributed by atoms with van der Waals surface area (Å²) in [6, 6.07) is 13.5. The summed E-state index contributed by atoms with van der Waals surface area (Å²) in [5, 5.41) is 16.9. The van der Waals surface area contributed by atoms with Crippen molar-refractivity contribution in [3.63, 3.8) is 0 Å². The summed E-state index contributed by atoms with van der Waals surface area (Å²) in [5.74, 6) is -0.243. The maximum Gasteiger partial charge on any atom is 0.292 e. The number of carbonyl (C=O) groups is 1. The summed E-state index contributed by atoms with van der Waals surface area (Å²) < 4.78 is 0. The number of anilines is 1. The normalized spacial score (nSPS) is 11.2. The lowest BCUT2D eigenvalue weighted by Gasteiger charge is -2.13. The van der Waals surface area contributed by atoms with Crippen molar-refractivity contribution in [2.24, 2.45) is 5.73 Å². The van der Waals surface area contributed by atoms with Gasteiger partial charge in [-0.2, -0.15) is 0 Å². The smallest absolute Gasteiger partial charge is 0.292 e. The van der Waals surface area contributed by atoms with Crippen LogP contribution in [-0.4, -0.2) is 23.9 Å². The zero-order valence-corrected chi connectivity index (χ0v) is 15.3. The molecule has 8 heteroatoms. The zero-order chi connectivity index (χ0) is 18.2. The Bertz CT molecular complexity index is 740. The van der Waals surface area contributed by atoms with Crippen molar-refractivity contribution in [1.82, 2.24) is 5.32 Å². The van der Waals surface area contributed by atoms with E-state index in [9.17, 15) is 14.9 Å². The summed E-state index contributed by atoms with van der Waals surface area (Å²) >= 11 is 0. The van der Waals surface area contributed by atoms with Gasteiger partial charge in [0.1, 0.15) is 11.7 Å². The van der Waals surface area contributed by atoms with Crippen LogP contribution in [0.2, 0.25) is 0 Å². The quantitative estimate of drug-likeness (QED) is 0.371. The van der Waals surface area contributed by atoms with Crippen LogP contribution in [0.1, 0.15) is 23.6 Å². The van der Waals surface area contributed by atoms with Gasteiger partial charge in [0.05, 0.1) is 4.92 Å².